The molecule has 8 heteroatoms. The summed E-state index contributed by atoms with van der Waals surface area (Å²) in [6, 6.07) is 12.1. The number of halogens is 2. The molecule has 6 nitrogen and oxygen atoms in total. The van der Waals surface area contributed by atoms with E-state index in [1.165, 1.54) is 12.1 Å². The van der Waals surface area contributed by atoms with Gasteiger partial charge < -0.3 is 19.1 Å². The molecule has 0 aromatic heterocycles. The maximum atomic E-state index is 12.6. The van der Waals surface area contributed by atoms with E-state index < -0.39 is 6.61 Å². The average molecular weight is 406 g/mol. The SMILES string of the molecule is CCN(CC(=O)N(C)Cc1ccc(OC(F)F)cc1)Cc1ccc2c(c1)OCO2. The number of hydrogen-bond donors (Lipinski definition) is 0. The molecule has 156 valence electrons. The fourth-order valence-corrected chi connectivity index (χ4v) is 3.03. The molecule has 0 fully saturated rings. The molecule has 1 amide bonds. The van der Waals surface area contributed by atoms with Crippen molar-refractivity contribution in [1.29, 1.82) is 0 Å². The molecule has 1 aliphatic rings. The van der Waals surface area contributed by atoms with Crippen LogP contribution >= 0.6 is 0 Å². The van der Waals surface area contributed by atoms with Crippen molar-refractivity contribution < 1.29 is 27.8 Å². The molecule has 0 saturated heterocycles. The van der Waals surface area contributed by atoms with Crippen LogP contribution in [0.5, 0.6) is 17.2 Å². The summed E-state index contributed by atoms with van der Waals surface area (Å²) in [7, 11) is 1.72. The number of carbonyl (C=O) groups excluding carboxylic acids is 1. The normalized spacial score (nSPS) is 12.5. The number of ether oxygens (including phenoxy) is 3. The van der Waals surface area contributed by atoms with Gasteiger partial charge >= 0.3 is 6.61 Å². The lowest BCUT2D eigenvalue weighted by Gasteiger charge is -2.24. The first kappa shape index (κ1) is 20.9. The maximum absolute atomic E-state index is 12.6. The lowest BCUT2D eigenvalue weighted by Crippen LogP contribution is -2.37. The van der Waals surface area contributed by atoms with Crippen LogP contribution in [0, 0.1) is 0 Å². The van der Waals surface area contributed by atoms with Crippen molar-refractivity contribution in [3.05, 3.63) is 53.6 Å². The van der Waals surface area contributed by atoms with Gasteiger partial charge in [0, 0.05) is 20.1 Å². The second-order valence-corrected chi connectivity index (χ2v) is 6.76. The molecule has 1 aliphatic heterocycles. The van der Waals surface area contributed by atoms with Crippen molar-refractivity contribution in [3.8, 4) is 17.2 Å². The molecular weight excluding hydrogens is 382 g/mol. The lowest BCUT2D eigenvalue weighted by molar-refractivity contribution is -0.131. The van der Waals surface area contributed by atoms with E-state index in [1.54, 1.807) is 24.1 Å². The van der Waals surface area contributed by atoms with Gasteiger partial charge in [0.15, 0.2) is 11.5 Å². The molecule has 0 spiro atoms. The summed E-state index contributed by atoms with van der Waals surface area (Å²) < 4.78 is 39.5. The van der Waals surface area contributed by atoms with Gasteiger partial charge in [0.05, 0.1) is 6.54 Å². The largest absolute Gasteiger partial charge is 0.454 e. The Morgan fingerprint density at radius 3 is 2.45 bits per heavy atom. The Hall–Kier alpha value is -2.87. The van der Waals surface area contributed by atoms with Gasteiger partial charge in [-0.2, -0.15) is 8.78 Å². The van der Waals surface area contributed by atoms with Crippen LogP contribution in [-0.2, 0) is 17.9 Å². The van der Waals surface area contributed by atoms with E-state index >= 15 is 0 Å². The van der Waals surface area contributed by atoms with Gasteiger partial charge in [-0.1, -0.05) is 25.1 Å². The summed E-state index contributed by atoms with van der Waals surface area (Å²) in [5, 5.41) is 0. The number of benzene rings is 2. The highest BCUT2D eigenvalue weighted by atomic mass is 19.3. The molecule has 0 unspecified atom stereocenters. The van der Waals surface area contributed by atoms with Gasteiger partial charge in [0.1, 0.15) is 5.75 Å². The predicted molar refractivity (Wildman–Crippen MR) is 103 cm³/mol. The lowest BCUT2D eigenvalue weighted by atomic mass is 10.2. The molecule has 0 radical (unpaired) electrons. The van der Waals surface area contributed by atoms with Crippen molar-refractivity contribution >= 4 is 5.91 Å². The summed E-state index contributed by atoms with van der Waals surface area (Å²) in [5.41, 5.74) is 1.88. The number of alkyl halides is 2. The molecule has 0 aliphatic carbocycles. The van der Waals surface area contributed by atoms with Crippen LogP contribution < -0.4 is 14.2 Å². The number of amides is 1. The molecule has 2 aromatic rings. The fraction of sp³-hybridized carbons (Fsp3) is 0.381. The number of rotatable bonds is 9. The third-order valence-corrected chi connectivity index (χ3v) is 4.64. The minimum absolute atomic E-state index is 0.0273. The highest BCUT2D eigenvalue weighted by Crippen LogP contribution is 2.32. The van der Waals surface area contributed by atoms with Gasteiger partial charge in [0.25, 0.3) is 0 Å². The van der Waals surface area contributed by atoms with Gasteiger partial charge in [-0.05, 0) is 41.9 Å². The summed E-state index contributed by atoms with van der Waals surface area (Å²) in [6.07, 6.45) is 0. The molecule has 29 heavy (non-hydrogen) atoms. The van der Waals surface area contributed by atoms with E-state index in [1.807, 2.05) is 30.0 Å². The van der Waals surface area contributed by atoms with Crippen LogP contribution in [0.25, 0.3) is 0 Å². The van der Waals surface area contributed by atoms with Crippen molar-refractivity contribution in [2.45, 2.75) is 26.6 Å². The van der Waals surface area contributed by atoms with E-state index in [-0.39, 0.29) is 25.0 Å². The Balaban J connectivity index is 1.53. The van der Waals surface area contributed by atoms with Crippen molar-refractivity contribution in [3.63, 3.8) is 0 Å². The highest BCUT2D eigenvalue weighted by molar-refractivity contribution is 5.78. The third kappa shape index (κ3) is 5.80. The Morgan fingerprint density at radius 2 is 1.76 bits per heavy atom. The third-order valence-electron chi connectivity index (χ3n) is 4.64. The number of fused-ring (bicyclic) bond motifs is 1. The van der Waals surface area contributed by atoms with E-state index in [0.717, 1.165) is 22.6 Å². The maximum Gasteiger partial charge on any atom is 0.387 e. The first-order chi connectivity index (χ1) is 13.9. The topological polar surface area (TPSA) is 51.2 Å². The monoisotopic (exact) mass is 406 g/mol. The van der Waals surface area contributed by atoms with Crippen molar-refractivity contribution in [2.75, 3.05) is 26.9 Å². The van der Waals surface area contributed by atoms with E-state index in [0.29, 0.717) is 19.6 Å². The second kappa shape index (κ2) is 9.56. The molecule has 0 saturated carbocycles. The summed E-state index contributed by atoms with van der Waals surface area (Å²) >= 11 is 0. The van der Waals surface area contributed by atoms with E-state index in [9.17, 15) is 13.6 Å². The zero-order valence-electron chi connectivity index (χ0n) is 16.4. The van der Waals surface area contributed by atoms with E-state index in [4.69, 9.17) is 9.47 Å². The van der Waals surface area contributed by atoms with Gasteiger partial charge in [-0.3, -0.25) is 9.69 Å². The standard InChI is InChI=1S/C21H24F2N2O4/c1-3-25(12-16-6-9-18-19(10-16)28-14-27-18)13-20(26)24(2)11-15-4-7-17(8-5-15)29-21(22)23/h4-10,21H,3,11-14H2,1-2H3. The summed E-state index contributed by atoms with van der Waals surface area (Å²) in [6.45, 7) is 1.37. The van der Waals surface area contributed by atoms with E-state index in [2.05, 4.69) is 4.74 Å². The molecule has 2 aromatic carbocycles. The first-order valence-electron chi connectivity index (χ1n) is 9.33. The Kier molecular flexibility index (Phi) is 6.87. The number of carbonyl (C=O) groups is 1. The zero-order valence-corrected chi connectivity index (χ0v) is 16.4. The quantitative estimate of drug-likeness (QED) is 0.638. The molecule has 0 bridgehead atoms. The second-order valence-electron chi connectivity index (χ2n) is 6.76. The van der Waals surface area contributed by atoms with Crippen LogP contribution in [0.4, 0.5) is 8.78 Å². The molecule has 0 N–H and O–H groups in total. The van der Waals surface area contributed by atoms with Crippen molar-refractivity contribution in [1.82, 2.24) is 9.80 Å². The molecule has 1 heterocycles. The number of nitrogens with zero attached hydrogens (tertiary/aromatic N) is 2. The number of likely N-dealkylation sites (N-methyl/N-ethyl adjacent to an activating group) is 2. The van der Waals surface area contributed by atoms with Gasteiger partial charge in [-0.25, -0.2) is 0 Å². The number of hydrogen-bond acceptors (Lipinski definition) is 5. The van der Waals surface area contributed by atoms with Crippen LogP contribution in [0.2, 0.25) is 0 Å². The molecular formula is C21H24F2N2O4. The fourth-order valence-electron chi connectivity index (χ4n) is 3.03. The molecule has 0 atom stereocenters. The first-order valence-corrected chi connectivity index (χ1v) is 9.33. The predicted octanol–water partition coefficient (Wildman–Crippen LogP) is 3.50. The Bertz CT molecular complexity index is 830. The van der Waals surface area contributed by atoms with Crippen LogP contribution in [-0.4, -0.2) is 49.2 Å². The Labute approximate surface area is 168 Å². The van der Waals surface area contributed by atoms with Crippen LogP contribution in [0.3, 0.4) is 0 Å². The molecule has 3 rings (SSSR count). The average Bonchev–Trinajstić information content (AvgIpc) is 3.16. The zero-order chi connectivity index (χ0) is 20.8. The van der Waals surface area contributed by atoms with Crippen LogP contribution in [0.1, 0.15) is 18.1 Å². The minimum Gasteiger partial charge on any atom is -0.454 e. The minimum atomic E-state index is -2.85. The van der Waals surface area contributed by atoms with Gasteiger partial charge in [0.2, 0.25) is 12.7 Å². The van der Waals surface area contributed by atoms with Gasteiger partial charge in [-0.15, -0.1) is 0 Å². The highest BCUT2D eigenvalue weighted by Gasteiger charge is 2.17. The Morgan fingerprint density at radius 1 is 1.07 bits per heavy atom. The smallest absolute Gasteiger partial charge is 0.387 e. The summed E-state index contributed by atoms with van der Waals surface area (Å²) in [5.74, 6) is 1.53. The van der Waals surface area contributed by atoms with Crippen LogP contribution in [0.15, 0.2) is 42.5 Å². The van der Waals surface area contributed by atoms with Crippen molar-refractivity contribution in [2.24, 2.45) is 0 Å². The summed E-state index contributed by atoms with van der Waals surface area (Å²) in [4.78, 5) is 16.3.